The van der Waals surface area contributed by atoms with E-state index >= 15 is 0 Å². The summed E-state index contributed by atoms with van der Waals surface area (Å²) in [4.78, 5) is 13.2. The van der Waals surface area contributed by atoms with Gasteiger partial charge in [-0.15, -0.1) is 0 Å². The Balaban J connectivity index is 2.46. The van der Waals surface area contributed by atoms with Crippen molar-refractivity contribution in [3.05, 3.63) is 29.8 Å². The van der Waals surface area contributed by atoms with Crippen molar-refractivity contribution in [3.8, 4) is 0 Å². The molecule has 0 heterocycles. The summed E-state index contributed by atoms with van der Waals surface area (Å²) in [7, 11) is 5.50. The molecule has 88 valence electrons. The summed E-state index contributed by atoms with van der Waals surface area (Å²) in [6, 6.07) is 8.06. The molecule has 0 aliphatic carbocycles. The summed E-state index contributed by atoms with van der Waals surface area (Å²) in [5, 5.41) is 2.77. The van der Waals surface area contributed by atoms with E-state index in [0.717, 1.165) is 11.3 Å². The van der Waals surface area contributed by atoms with E-state index in [1.807, 2.05) is 43.3 Å². The Bertz CT molecular complexity index is 333. The minimum Gasteiger partial charge on any atom is -0.378 e. The van der Waals surface area contributed by atoms with Gasteiger partial charge in [-0.25, -0.2) is 0 Å². The van der Waals surface area contributed by atoms with Gasteiger partial charge in [-0.05, 0) is 17.7 Å². The number of carbonyl (C=O) groups is 1. The molecule has 1 aromatic rings. The molecule has 0 atom stereocenters. The Morgan fingerprint density at radius 1 is 1.31 bits per heavy atom. The monoisotopic (exact) mass is 222 g/mol. The van der Waals surface area contributed by atoms with E-state index in [1.165, 1.54) is 7.11 Å². The molecule has 16 heavy (non-hydrogen) atoms. The standard InChI is InChI=1S/C12H18N2O2/c1-14(2)11-6-4-10(5-7-11)8-13-12(15)9-16-3/h4-7H,8-9H2,1-3H3,(H,13,15). The first-order valence-corrected chi connectivity index (χ1v) is 5.15. The van der Waals surface area contributed by atoms with Gasteiger partial charge in [0.1, 0.15) is 6.61 Å². The number of nitrogens with zero attached hydrogens (tertiary/aromatic N) is 1. The normalized spacial score (nSPS) is 9.94. The van der Waals surface area contributed by atoms with Gasteiger partial charge in [-0.3, -0.25) is 4.79 Å². The number of ether oxygens (including phenoxy) is 1. The molecule has 4 nitrogen and oxygen atoms in total. The summed E-state index contributed by atoms with van der Waals surface area (Å²) < 4.78 is 4.72. The van der Waals surface area contributed by atoms with Crippen LogP contribution in [0.25, 0.3) is 0 Å². The molecule has 0 fully saturated rings. The number of carbonyl (C=O) groups excluding carboxylic acids is 1. The quantitative estimate of drug-likeness (QED) is 0.808. The average molecular weight is 222 g/mol. The fourth-order valence-electron chi connectivity index (χ4n) is 1.29. The average Bonchev–Trinajstić information content (AvgIpc) is 2.27. The van der Waals surface area contributed by atoms with Gasteiger partial charge < -0.3 is 15.0 Å². The molecule has 0 bridgehead atoms. The Labute approximate surface area is 96.2 Å². The first-order chi connectivity index (χ1) is 7.63. The molecule has 0 saturated heterocycles. The van der Waals surface area contributed by atoms with Crippen LogP contribution in [0.3, 0.4) is 0 Å². The fraction of sp³-hybridized carbons (Fsp3) is 0.417. The molecule has 1 rings (SSSR count). The fourth-order valence-corrected chi connectivity index (χ4v) is 1.29. The third-order valence-corrected chi connectivity index (χ3v) is 2.22. The third-order valence-electron chi connectivity index (χ3n) is 2.22. The molecule has 0 radical (unpaired) electrons. The summed E-state index contributed by atoms with van der Waals surface area (Å²) >= 11 is 0. The van der Waals surface area contributed by atoms with Crippen molar-refractivity contribution in [2.45, 2.75) is 6.54 Å². The van der Waals surface area contributed by atoms with Crippen molar-refractivity contribution in [1.82, 2.24) is 5.32 Å². The van der Waals surface area contributed by atoms with Gasteiger partial charge in [-0.1, -0.05) is 12.1 Å². The maximum absolute atomic E-state index is 11.1. The zero-order valence-corrected chi connectivity index (χ0v) is 9.99. The van der Waals surface area contributed by atoms with Crippen molar-refractivity contribution in [2.24, 2.45) is 0 Å². The van der Waals surface area contributed by atoms with E-state index in [1.54, 1.807) is 0 Å². The topological polar surface area (TPSA) is 41.6 Å². The van der Waals surface area contributed by atoms with E-state index < -0.39 is 0 Å². The van der Waals surface area contributed by atoms with Crippen molar-refractivity contribution < 1.29 is 9.53 Å². The minimum absolute atomic E-state index is 0.0980. The number of benzene rings is 1. The number of anilines is 1. The number of hydrogen-bond acceptors (Lipinski definition) is 3. The second kappa shape index (κ2) is 6.12. The van der Waals surface area contributed by atoms with E-state index in [0.29, 0.717) is 6.54 Å². The lowest BCUT2D eigenvalue weighted by Gasteiger charge is -2.12. The lowest BCUT2D eigenvalue weighted by molar-refractivity contribution is -0.124. The Kier molecular flexibility index (Phi) is 4.79. The molecule has 0 unspecified atom stereocenters. The zero-order chi connectivity index (χ0) is 12.0. The molecule has 1 amide bonds. The molecular weight excluding hydrogens is 204 g/mol. The van der Waals surface area contributed by atoms with Crippen LogP contribution in [0.1, 0.15) is 5.56 Å². The number of amides is 1. The summed E-state index contributed by atoms with van der Waals surface area (Å²) in [5.41, 5.74) is 2.22. The van der Waals surface area contributed by atoms with Crippen LogP contribution >= 0.6 is 0 Å². The van der Waals surface area contributed by atoms with E-state index in [4.69, 9.17) is 4.74 Å². The molecule has 4 heteroatoms. The lowest BCUT2D eigenvalue weighted by atomic mass is 10.2. The molecule has 0 aliphatic heterocycles. The highest BCUT2D eigenvalue weighted by molar-refractivity contribution is 5.77. The second-order valence-corrected chi connectivity index (χ2v) is 3.77. The van der Waals surface area contributed by atoms with Gasteiger partial charge in [0.25, 0.3) is 0 Å². The Morgan fingerprint density at radius 3 is 2.44 bits per heavy atom. The van der Waals surface area contributed by atoms with Crippen LogP contribution < -0.4 is 10.2 Å². The maximum Gasteiger partial charge on any atom is 0.246 e. The SMILES string of the molecule is COCC(=O)NCc1ccc(N(C)C)cc1. The number of nitrogens with one attached hydrogen (secondary N) is 1. The predicted octanol–water partition coefficient (Wildman–Crippen LogP) is 1.02. The summed E-state index contributed by atoms with van der Waals surface area (Å²) in [6.45, 7) is 0.645. The summed E-state index contributed by atoms with van der Waals surface area (Å²) in [6.07, 6.45) is 0. The predicted molar refractivity (Wildman–Crippen MR) is 64.5 cm³/mol. The van der Waals surface area contributed by atoms with Crippen molar-refractivity contribution >= 4 is 11.6 Å². The highest BCUT2D eigenvalue weighted by Gasteiger charge is 2.00. The number of methoxy groups -OCH3 is 1. The van der Waals surface area contributed by atoms with E-state index in [9.17, 15) is 4.79 Å². The molecule has 0 aromatic heterocycles. The van der Waals surface area contributed by atoms with Gasteiger partial charge in [0.2, 0.25) is 5.91 Å². The van der Waals surface area contributed by atoms with Gasteiger partial charge in [0, 0.05) is 33.4 Å². The molecule has 1 N–H and O–H groups in total. The van der Waals surface area contributed by atoms with Crippen LogP contribution in [0.2, 0.25) is 0 Å². The highest BCUT2D eigenvalue weighted by Crippen LogP contribution is 2.11. The van der Waals surface area contributed by atoms with Crippen LogP contribution in [0.4, 0.5) is 5.69 Å². The third kappa shape index (κ3) is 3.90. The molecule has 0 saturated carbocycles. The van der Waals surface area contributed by atoms with E-state index in [2.05, 4.69) is 5.32 Å². The van der Waals surface area contributed by atoms with Crippen molar-refractivity contribution in [1.29, 1.82) is 0 Å². The second-order valence-electron chi connectivity index (χ2n) is 3.77. The molecular formula is C12H18N2O2. The van der Waals surface area contributed by atoms with Crippen molar-refractivity contribution in [3.63, 3.8) is 0 Å². The first-order valence-electron chi connectivity index (χ1n) is 5.15. The zero-order valence-electron chi connectivity index (χ0n) is 9.99. The van der Waals surface area contributed by atoms with E-state index in [-0.39, 0.29) is 12.5 Å². The number of rotatable bonds is 5. The largest absolute Gasteiger partial charge is 0.378 e. The maximum atomic E-state index is 11.1. The Hall–Kier alpha value is -1.55. The van der Waals surface area contributed by atoms with Crippen LogP contribution in [-0.2, 0) is 16.1 Å². The van der Waals surface area contributed by atoms with Crippen LogP contribution in [0.5, 0.6) is 0 Å². The van der Waals surface area contributed by atoms with Crippen molar-refractivity contribution in [2.75, 3.05) is 32.7 Å². The smallest absolute Gasteiger partial charge is 0.246 e. The van der Waals surface area contributed by atoms with Crippen LogP contribution in [-0.4, -0.2) is 33.7 Å². The minimum atomic E-state index is -0.0980. The van der Waals surface area contributed by atoms with Crippen LogP contribution in [0, 0.1) is 0 Å². The van der Waals surface area contributed by atoms with Gasteiger partial charge in [-0.2, -0.15) is 0 Å². The molecule has 0 spiro atoms. The van der Waals surface area contributed by atoms with Gasteiger partial charge in [0.05, 0.1) is 0 Å². The molecule has 1 aromatic carbocycles. The molecule has 0 aliphatic rings. The van der Waals surface area contributed by atoms with Gasteiger partial charge >= 0.3 is 0 Å². The lowest BCUT2D eigenvalue weighted by Crippen LogP contribution is -2.26. The highest BCUT2D eigenvalue weighted by atomic mass is 16.5. The summed E-state index contributed by atoms with van der Waals surface area (Å²) in [5.74, 6) is -0.0980. The van der Waals surface area contributed by atoms with Gasteiger partial charge in [0.15, 0.2) is 0 Å². The number of hydrogen-bond donors (Lipinski definition) is 1. The van der Waals surface area contributed by atoms with Crippen LogP contribution in [0.15, 0.2) is 24.3 Å². The first kappa shape index (κ1) is 12.5. The Morgan fingerprint density at radius 2 is 1.94 bits per heavy atom.